The molecule has 0 N–H and O–H groups in total. The lowest BCUT2D eigenvalue weighted by atomic mass is 10.1. The van der Waals surface area contributed by atoms with Gasteiger partial charge >= 0.3 is 0 Å². The Morgan fingerprint density at radius 1 is 1.59 bits per heavy atom. The molecular formula is C13H15BrClNO. The maximum atomic E-state index is 12.4. The summed E-state index contributed by atoms with van der Waals surface area (Å²) in [5.41, 5.74) is 1.71. The van der Waals surface area contributed by atoms with Crippen LogP contribution in [0.5, 0.6) is 0 Å². The van der Waals surface area contributed by atoms with E-state index in [1.807, 2.05) is 24.0 Å². The van der Waals surface area contributed by atoms with E-state index in [4.69, 9.17) is 11.6 Å². The molecule has 0 aliphatic carbocycles. The lowest BCUT2D eigenvalue weighted by Gasteiger charge is -2.23. The number of amides is 1. The van der Waals surface area contributed by atoms with Crippen LogP contribution in [-0.2, 0) is 0 Å². The monoisotopic (exact) mass is 315 g/mol. The van der Waals surface area contributed by atoms with Crippen molar-refractivity contribution in [3.8, 4) is 0 Å². The number of hydrogen-bond acceptors (Lipinski definition) is 1. The molecule has 1 aliphatic rings. The van der Waals surface area contributed by atoms with Crippen molar-refractivity contribution in [1.29, 1.82) is 0 Å². The summed E-state index contributed by atoms with van der Waals surface area (Å²) in [6.45, 7) is 2.79. The van der Waals surface area contributed by atoms with E-state index in [0.717, 1.165) is 35.8 Å². The highest BCUT2D eigenvalue weighted by atomic mass is 79.9. The number of likely N-dealkylation sites (tertiary alicyclic amines) is 1. The molecule has 0 saturated carbocycles. The zero-order valence-corrected chi connectivity index (χ0v) is 12.1. The third-order valence-electron chi connectivity index (χ3n) is 3.23. The third-order valence-corrected chi connectivity index (χ3v) is 4.22. The number of rotatable bonds is 2. The third kappa shape index (κ3) is 2.66. The predicted octanol–water partition coefficient (Wildman–Crippen LogP) is 3.65. The van der Waals surface area contributed by atoms with Crippen molar-refractivity contribution in [2.24, 2.45) is 0 Å². The van der Waals surface area contributed by atoms with Crippen LogP contribution >= 0.6 is 27.5 Å². The van der Waals surface area contributed by atoms with Gasteiger partial charge in [0.1, 0.15) is 0 Å². The van der Waals surface area contributed by atoms with Gasteiger partial charge in [0.2, 0.25) is 0 Å². The summed E-state index contributed by atoms with van der Waals surface area (Å²) in [4.78, 5) is 14.4. The van der Waals surface area contributed by atoms with Crippen LogP contribution in [0.3, 0.4) is 0 Å². The molecule has 0 aromatic heterocycles. The predicted molar refractivity (Wildman–Crippen MR) is 74.0 cm³/mol. The van der Waals surface area contributed by atoms with Crippen LogP contribution in [0.25, 0.3) is 0 Å². The number of alkyl halides is 1. The molecular weight excluding hydrogens is 302 g/mol. The number of carbonyl (C=O) groups is 1. The van der Waals surface area contributed by atoms with Crippen LogP contribution < -0.4 is 0 Å². The van der Waals surface area contributed by atoms with E-state index in [-0.39, 0.29) is 5.91 Å². The van der Waals surface area contributed by atoms with Gasteiger partial charge in [-0.15, -0.1) is 0 Å². The Labute approximate surface area is 115 Å². The first kappa shape index (κ1) is 12.9. The second-order valence-corrected chi connectivity index (χ2v) is 5.49. The molecule has 2 nitrogen and oxygen atoms in total. The normalized spacial score (nSPS) is 19.7. The van der Waals surface area contributed by atoms with Crippen LogP contribution in [0.4, 0.5) is 0 Å². The average molecular weight is 317 g/mol. The minimum Gasteiger partial charge on any atom is -0.335 e. The highest BCUT2D eigenvalue weighted by molar-refractivity contribution is 9.09. The van der Waals surface area contributed by atoms with Gasteiger partial charge in [-0.05, 0) is 43.5 Å². The van der Waals surface area contributed by atoms with Crippen LogP contribution in [-0.4, -0.2) is 28.7 Å². The second-order valence-electron chi connectivity index (χ2n) is 4.41. The van der Waals surface area contributed by atoms with E-state index in [1.165, 1.54) is 0 Å². The van der Waals surface area contributed by atoms with Crippen molar-refractivity contribution < 1.29 is 4.79 Å². The Morgan fingerprint density at radius 3 is 3.00 bits per heavy atom. The topological polar surface area (TPSA) is 20.3 Å². The van der Waals surface area contributed by atoms with Gasteiger partial charge in [-0.25, -0.2) is 0 Å². The molecule has 0 spiro atoms. The van der Waals surface area contributed by atoms with E-state index < -0.39 is 0 Å². The molecule has 17 heavy (non-hydrogen) atoms. The first-order valence-corrected chi connectivity index (χ1v) is 7.26. The second kappa shape index (κ2) is 5.40. The summed E-state index contributed by atoms with van der Waals surface area (Å²) >= 11 is 9.38. The zero-order valence-electron chi connectivity index (χ0n) is 9.75. The van der Waals surface area contributed by atoms with Crippen LogP contribution in [0.1, 0.15) is 28.8 Å². The smallest absolute Gasteiger partial charge is 0.254 e. The van der Waals surface area contributed by atoms with E-state index in [2.05, 4.69) is 15.9 Å². The Hall–Kier alpha value is -0.540. The number of benzene rings is 1. The van der Waals surface area contributed by atoms with Gasteiger partial charge in [0.15, 0.2) is 0 Å². The summed E-state index contributed by atoms with van der Waals surface area (Å²) in [5.74, 6) is 0.126. The Kier molecular flexibility index (Phi) is 4.10. The minimum atomic E-state index is 0.126. The van der Waals surface area contributed by atoms with Crippen molar-refractivity contribution in [1.82, 2.24) is 4.90 Å². The van der Waals surface area contributed by atoms with Gasteiger partial charge < -0.3 is 4.90 Å². The fraction of sp³-hybridized carbons (Fsp3) is 0.462. The molecule has 1 atom stereocenters. The quantitative estimate of drug-likeness (QED) is 0.763. The van der Waals surface area contributed by atoms with Crippen molar-refractivity contribution in [2.45, 2.75) is 25.8 Å². The van der Waals surface area contributed by atoms with Crippen molar-refractivity contribution in [3.63, 3.8) is 0 Å². The maximum Gasteiger partial charge on any atom is 0.254 e. The SMILES string of the molecule is Cc1cc(Cl)ccc1C(=O)N1CCCC1CBr. The lowest BCUT2D eigenvalue weighted by Crippen LogP contribution is -2.36. The van der Waals surface area contributed by atoms with Gasteiger partial charge in [0.05, 0.1) is 0 Å². The standard InChI is InChI=1S/C13H15BrClNO/c1-9-7-10(15)4-5-12(9)13(17)16-6-2-3-11(16)8-14/h4-5,7,11H,2-3,6,8H2,1H3. The van der Waals surface area contributed by atoms with Gasteiger partial charge in [0.25, 0.3) is 5.91 Å². The molecule has 1 aliphatic heterocycles. The van der Waals surface area contributed by atoms with Gasteiger partial charge in [0, 0.05) is 28.5 Å². The molecule has 1 saturated heterocycles. The first-order valence-electron chi connectivity index (χ1n) is 5.76. The largest absolute Gasteiger partial charge is 0.335 e. The average Bonchev–Trinajstić information content (AvgIpc) is 2.76. The molecule has 1 aromatic carbocycles. The molecule has 0 bridgehead atoms. The van der Waals surface area contributed by atoms with Crippen LogP contribution in [0, 0.1) is 6.92 Å². The molecule has 0 radical (unpaired) electrons. The number of hydrogen-bond donors (Lipinski definition) is 0. The van der Waals surface area contributed by atoms with E-state index in [9.17, 15) is 4.79 Å². The molecule has 1 aromatic rings. The molecule has 1 unspecified atom stereocenters. The van der Waals surface area contributed by atoms with Crippen LogP contribution in [0.15, 0.2) is 18.2 Å². The van der Waals surface area contributed by atoms with Gasteiger partial charge in [-0.3, -0.25) is 4.79 Å². The fourth-order valence-corrected chi connectivity index (χ4v) is 3.19. The maximum absolute atomic E-state index is 12.4. The van der Waals surface area contributed by atoms with Crippen molar-refractivity contribution in [2.75, 3.05) is 11.9 Å². The fourth-order valence-electron chi connectivity index (χ4n) is 2.29. The summed E-state index contributed by atoms with van der Waals surface area (Å²) in [6.07, 6.45) is 2.18. The Balaban J connectivity index is 2.24. The number of carbonyl (C=O) groups excluding carboxylic acids is 1. The summed E-state index contributed by atoms with van der Waals surface area (Å²) in [6, 6.07) is 5.77. The zero-order chi connectivity index (χ0) is 12.4. The highest BCUT2D eigenvalue weighted by Gasteiger charge is 2.29. The summed E-state index contributed by atoms with van der Waals surface area (Å²) in [7, 11) is 0. The van der Waals surface area contributed by atoms with Crippen molar-refractivity contribution >= 4 is 33.4 Å². The van der Waals surface area contributed by atoms with Gasteiger partial charge in [-0.1, -0.05) is 27.5 Å². The highest BCUT2D eigenvalue weighted by Crippen LogP contribution is 2.24. The molecule has 2 rings (SSSR count). The Bertz CT molecular complexity index is 435. The minimum absolute atomic E-state index is 0.126. The van der Waals surface area contributed by atoms with E-state index >= 15 is 0 Å². The van der Waals surface area contributed by atoms with E-state index in [1.54, 1.807) is 6.07 Å². The number of aryl methyl sites for hydroxylation is 1. The summed E-state index contributed by atoms with van der Waals surface area (Å²) < 4.78 is 0. The molecule has 1 heterocycles. The van der Waals surface area contributed by atoms with Crippen LogP contribution in [0.2, 0.25) is 5.02 Å². The molecule has 1 amide bonds. The molecule has 92 valence electrons. The summed E-state index contributed by atoms with van der Waals surface area (Å²) in [5, 5.41) is 1.53. The first-order chi connectivity index (χ1) is 8.13. The number of halogens is 2. The van der Waals surface area contributed by atoms with Gasteiger partial charge in [-0.2, -0.15) is 0 Å². The van der Waals surface area contributed by atoms with Crippen molar-refractivity contribution in [3.05, 3.63) is 34.3 Å². The molecule has 1 fully saturated rings. The lowest BCUT2D eigenvalue weighted by molar-refractivity contribution is 0.0750. The Morgan fingerprint density at radius 2 is 2.35 bits per heavy atom. The molecule has 4 heteroatoms. The van der Waals surface area contributed by atoms with E-state index in [0.29, 0.717) is 11.1 Å². The number of nitrogens with zero attached hydrogens (tertiary/aromatic N) is 1.